The number of amides is 1. The van der Waals surface area contributed by atoms with Crippen LogP contribution in [-0.4, -0.2) is 70.0 Å². The Morgan fingerprint density at radius 2 is 1.69 bits per heavy atom. The number of Topliss-reactive ketones (excluding diaryl/α,β-unsaturated/α-hetero) is 1. The standard InChI is InChI=1S/C34H41N5O2.ClH/c40-31(21-25-7-8-25)32(30-23-35-22-29(30)27-5-2-1-3-6-27)37-18-13-34(14-19-37)15-20-38(33(34)41)24-26-9-11-28(12-10-26)39-17-4-16-36-39;/h1-6,9-12,16-17,25,29-30,32,35H,7-8,13-15,18-24H2;1H/t29-,30-,32?;/m1./s1. The Kier molecular flexibility index (Phi) is 8.53. The molecule has 0 bridgehead atoms. The van der Waals surface area contributed by atoms with Gasteiger partial charge in [0.05, 0.1) is 17.1 Å². The van der Waals surface area contributed by atoms with Crippen molar-refractivity contribution >= 4 is 24.1 Å². The topological polar surface area (TPSA) is 70.5 Å². The smallest absolute Gasteiger partial charge is 0.229 e. The van der Waals surface area contributed by atoms with Crippen LogP contribution in [0.5, 0.6) is 0 Å². The van der Waals surface area contributed by atoms with Gasteiger partial charge in [-0.3, -0.25) is 14.5 Å². The lowest BCUT2D eigenvalue weighted by Gasteiger charge is -2.44. The van der Waals surface area contributed by atoms with Crippen molar-refractivity contribution in [2.45, 2.75) is 57.0 Å². The van der Waals surface area contributed by atoms with Gasteiger partial charge in [0.25, 0.3) is 0 Å². The van der Waals surface area contributed by atoms with E-state index in [-0.39, 0.29) is 29.8 Å². The number of hydrogen-bond donors (Lipinski definition) is 1. The molecule has 3 saturated heterocycles. The molecular formula is C34H42ClN5O2. The Labute approximate surface area is 255 Å². The van der Waals surface area contributed by atoms with Crippen LogP contribution < -0.4 is 5.32 Å². The summed E-state index contributed by atoms with van der Waals surface area (Å²) in [7, 11) is 0. The van der Waals surface area contributed by atoms with Crippen LogP contribution in [0.2, 0.25) is 0 Å². The summed E-state index contributed by atoms with van der Waals surface area (Å²) in [5.41, 5.74) is 3.23. The first-order valence-electron chi connectivity index (χ1n) is 15.5. The van der Waals surface area contributed by atoms with Crippen LogP contribution in [-0.2, 0) is 16.1 Å². The summed E-state index contributed by atoms with van der Waals surface area (Å²) in [5, 5.41) is 7.92. The molecule has 3 aliphatic heterocycles. The molecule has 4 fully saturated rings. The minimum atomic E-state index is -0.275. The number of nitrogens with one attached hydrogen (secondary N) is 1. The minimum absolute atomic E-state index is 0. The van der Waals surface area contributed by atoms with Crippen LogP contribution in [0.3, 0.4) is 0 Å². The highest BCUT2D eigenvalue weighted by molar-refractivity contribution is 5.86. The fraction of sp³-hybridized carbons (Fsp3) is 0.500. The molecule has 1 aromatic heterocycles. The summed E-state index contributed by atoms with van der Waals surface area (Å²) >= 11 is 0. The third-order valence-electron chi connectivity index (χ3n) is 10.2. The number of rotatable bonds is 9. The maximum atomic E-state index is 13.8. The summed E-state index contributed by atoms with van der Waals surface area (Å²) in [4.78, 5) is 32.2. The maximum absolute atomic E-state index is 13.8. The molecule has 1 amide bonds. The van der Waals surface area contributed by atoms with Gasteiger partial charge in [0.2, 0.25) is 5.91 Å². The number of carbonyl (C=O) groups is 2. The maximum Gasteiger partial charge on any atom is 0.229 e. The first kappa shape index (κ1) is 29.1. The molecule has 1 aliphatic carbocycles. The molecule has 4 heterocycles. The van der Waals surface area contributed by atoms with Gasteiger partial charge in [0, 0.05) is 56.8 Å². The van der Waals surface area contributed by atoms with Crippen molar-refractivity contribution in [3.05, 3.63) is 84.2 Å². The van der Waals surface area contributed by atoms with E-state index in [1.54, 1.807) is 6.20 Å². The van der Waals surface area contributed by atoms with Crippen molar-refractivity contribution in [2.75, 3.05) is 32.7 Å². The van der Waals surface area contributed by atoms with Crippen LogP contribution in [0, 0.1) is 17.3 Å². The van der Waals surface area contributed by atoms with Crippen LogP contribution in [0.1, 0.15) is 55.6 Å². The van der Waals surface area contributed by atoms with Crippen molar-refractivity contribution in [1.82, 2.24) is 24.9 Å². The van der Waals surface area contributed by atoms with Crippen molar-refractivity contribution < 1.29 is 9.59 Å². The molecule has 8 heteroatoms. The van der Waals surface area contributed by atoms with E-state index < -0.39 is 0 Å². The Morgan fingerprint density at radius 3 is 2.38 bits per heavy atom. The zero-order valence-corrected chi connectivity index (χ0v) is 25.1. The average molecular weight is 588 g/mol. The molecule has 222 valence electrons. The SMILES string of the molecule is Cl.O=C(CC1CC1)C([C@@H]1CNC[C@@H]1c1ccccc1)N1CCC2(CCN(Cc3ccc(-n4cccn4)cc3)C2=O)CC1. The zero-order chi connectivity index (χ0) is 27.8. The number of likely N-dealkylation sites (tertiary alicyclic amines) is 2. The van der Waals surface area contributed by atoms with Gasteiger partial charge in [-0.2, -0.15) is 5.10 Å². The molecule has 1 saturated carbocycles. The fourth-order valence-corrected chi connectivity index (χ4v) is 7.67. The molecule has 0 radical (unpaired) electrons. The quantitative estimate of drug-likeness (QED) is 0.388. The third kappa shape index (κ3) is 5.79. The van der Waals surface area contributed by atoms with E-state index in [1.165, 1.54) is 18.4 Å². The molecule has 1 unspecified atom stereocenters. The predicted molar refractivity (Wildman–Crippen MR) is 166 cm³/mol. The van der Waals surface area contributed by atoms with Crippen LogP contribution in [0.25, 0.3) is 5.69 Å². The molecule has 1 N–H and O–H groups in total. The summed E-state index contributed by atoms with van der Waals surface area (Å²) in [5.74, 6) is 1.95. The fourth-order valence-electron chi connectivity index (χ4n) is 7.67. The Bertz CT molecular complexity index is 1350. The van der Waals surface area contributed by atoms with Gasteiger partial charge >= 0.3 is 0 Å². The summed E-state index contributed by atoms with van der Waals surface area (Å²) in [6.45, 7) is 4.93. The number of piperidine rings is 1. The lowest BCUT2D eigenvalue weighted by atomic mass is 9.74. The minimum Gasteiger partial charge on any atom is -0.338 e. The Morgan fingerprint density at radius 1 is 0.952 bits per heavy atom. The third-order valence-corrected chi connectivity index (χ3v) is 10.2. The zero-order valence-electron chi connectivity index (χ0n) is 24.2. The summed E-state index contributed by atoms with van der Waals surface area (Å²) in [6.07, 6.45) is 9.45. The second-order valence-corrected chi connectivity index (χ2v) is 12.8. The Balaban J connectivity index is 0.00000316. The van der Waals surface area contributed by atoms with Crippen molar-refractivity contribution in [3.8, 4) is 5.69 Å². The highest BCUT2D eigenvalue weighted by Gasteiger charge is 2.51. The highest BCUT2D eigenvalue weighted by atomic mass is 35.5. The van der Waals surface area contributed by atoms with Gasteiger partial charge in [0.1, 0.15) is 0 Å². The highest BCUT2D eigenvalue weighted by Crippen LogP contribution is 2.44. The van der Waals surface area contributed by atoms with E-state index in [1.807, 2.05) is 16.9 Å². The molecule has 7 nitrogen and oxygen atoms in total. The molecule has 3 atom stereocenters. The average Bonchev–Trinajstić information content (AvgIpc) is 3.36. The second kappa shape index (κ2) is 12.3. The second-order valence-electron chi connectivity index (χ2n) is 12.8. The number of halogens is 1. The number of benzene rings is 2. The summed E-state index contributed by atoms with van der Waals surface area (Å²) < 4.78 is 1.85. The summed E-state index contributed by atoms with van der Waals surface area (Å²) in [6, 6.07) is 20.9. The number of aromatic nitrogens is 2. The number of nitrogens with zero attached hydrogens (tertiary/aromatic N) is 4. The lowest BCUT2D eigenvalue weighted by Crippen LogP contribution is -2.54. The largest absolute Gasteiger partial charge is 0.338 e. The molecule has 3 aromatic rings. The Hall–Kier alpha value is -3.00. The molecule has 4 aliphatic rings. The number of hydrogen-bond acceptors (Lipinski definition) is 5. The molecular weight excluding hydrogens is 546 g/mol. The van der Waals surface area contributed by atoms with E-state index in [0.717, 1.165) is 69.7 Å². The normalized spacial score (nSPS) is 24.6. The van der Waals surface area contributed by atoms with Crippen LogP contribution >= 0.6 is 12.4 Å². The monoisotopic (exact) mass is 587 g/mol. The van der Waals surface area contributed by atoms with Crippen LogP contribution in [0.15, 0.2) is 73.1 Å². The van der Waals surface area contributed by atoms with Crippen molar-refractivity contribution in [2.24, 2.45) is 17.3 Å². The van der Waals surface area contributed by atoms with E-state index in [4.69, 9.17) is 0 Å². The first-order chi connectivity index (χ1) is 20.1. The van der Waals surface area contributed by atoms with Crippen LogP contribution in [0.4, 0.5) is 0 Å². The van der Waals surface area contributed by atoms with Gasteiger partial charge in [-0.15, -0.1) is 12.4 Å². The van der Waals surface area contributed by atoms with Crippen molar-refractivity contribution in [3.63, 3.8) is 0 Å². The van der Waals surface area contributed by atoms with E-state index in [2.05, 4.69) is 74.8 Å². The van der Waals surface area contributed by atoms with E-state index in [9.17, 15) is 9.59 Å². The van der Waals surface area contributed by atoms with E-state index >= 15 is 0 Å². The van der Waals surface area contributed by atoms with Gasteiger partial charge in [-0.05, 0) is 80.4 Å². The molecule has 7 rings (SSSR count). The van der Waals surface area contributed by atoms with Gasteiger partial charge < -0.3 is 10.2 Å². The van der Waals surface area contributed by atoms with Gasteiger partial charge in [-0.25, -0.2) is 4.68 Å². The van der Waals surface area contributed by atoms with Gasteiger partial charge in [0.15, 0.2) is 5.78 Å². The van der Waals surface area contributed by atoms with Crippen molar-refractivity contribution in [1.29, 1.82) is 0 Å². The first-order valence-corrected chi connectivity index (χ1v) is 15.5. The molecule has 1 spiro atoms. The molecule has 42 heavy (non-hydrogen) atoms. The predicted octanol–water partition coefficient (Wildman–Crippen LogP) is 4.85. The number of carbonyl (C=O) groups excluding carboxylic acids is 2. The van der Waals surface area contributed by atoms with Gasteiger partial charge in [-0.1, -0.05) is 42.5 Å². The molecule has 2 aromatic carbocycles. The lowest BCUT2D eigenvalue weighted by molar-refractivity contribution is -0.140. The number of ketones is 1. The van der Waals surface area contributed by atoms with E-state index in [0.29, 0.717) is 30.1 Å².